The van der Waals surface area contributed by atoms with E-state index >= 15 is 35.1 Å². The SMILES string of the molecule is CCCC(C)(C)C1=C/C(=C\C2=C(OC)C(=C/c3cc(C(C)(C)CCC)[o+]c4c3ccc3ccccc34)/C2=O)c2ccc3ccccc3c2O1.Fc1c(F)c(F)c([B-](c2c(F)c(F)c(F)c(F)c2F)(c2c(F)c(F)c(F)c(F)c2F)c2c(F)c(F)c(F)c(F)c2F)c(F)c1F. The number of benzene rings is 8. The second-order valence-electron chi connectivity index (χ2n) is 23.5. The zero-order valence-corrected chi connectivity index (χ0v) is 49.8. The Morgan fingerprint density at radius 3 is 1.28 bits per heavy atom. The monoisotopic (exact) mass is 1330 g/mol. The van der Waals surface area contributed by atoms with Crippen LogP contribution in [0.5, 0.6) is 5.75 Å². The van der Waals surface area contributed by atoms with Crippen molar-refractivity contribution in [1.29, 1.82) is 0 Å². The van der Waals surface area contributed by atoms with E-state index in [1.54, 1.807) is 7.11 Å². The Morgan fingerprint density at radius 2 is 0.851 bits per heavy atom. The van der Waals surface area contributed by atoms with Gasteiger partial charge in [0.25, 0.3) is 0 Å². The van der Waals surface area contributed by atoms with Crippen molar-refractivity contribution in [2.45, 2.75) is 72.6 Å². The third-order valence-corrected chi connectivity index (χ3v) is 17.0. The lowest BCUT2D eigenvalue weighted by atomic mass is 9.12. The van der Waals surface area contributed by atoms with Crippen LogP contribution < -0.4 is 26.6 Å². The maximum atomic E-state index is 15.4. The van der Waals surface area contributed by atoms with Crippen molar-refractivity contribution < 1.29 is 106 Å². The van der Waals surface area contributed by atoms with Gasteiger partial charge in [0, 0.05) is 28.0 Å². The maximum absolute atomic E-state index is 15.4. The molecule has 8 aromatic carbocycles. The van der Waals surface area contributed by atoms with Gasteiger partial charge >= 0.3 is 11.3 Å². The number of hydrogen-bond donors (Lipinski definition) is 0. The Hall–Kier alpha value is -9.42. The molecule has 0 saturated carbocycles. The predicted molar refractivity (Wildman–Crippen MR) is 312 cm³/mol. The van der Waals surface area contributed by atoms with E-state index in [1.807, 2.05) is 36.4 Å². The summed E-state index contributed by atoms with van der Waals surface area (Å²) in [4.78, 5) is 14.1. The first-order valence-corrected chi connectivity index (χ1v) is 28.5. The highest BCUT2D eigenvalue weighted by atomic mass is 19.2. The molecule has 94 heavy (non-hydrogen) atoms. The van der Waals surface area contributed by atoms with Crippen LogP contribution in [0.4, 0.5) is 87.8 Å². The molecular weight excluding hydrogens is 1280 g/mol. The molecule has 0 saturated heterocycles. The average Bonchev–Trinajstić information content (AvgIpc) is 0.682. The fourth-order valence-corrected chi connectivity index (χ4v) is 12.4. The summed E-state index contributed by atoms with van der Waals surface area (Å²) in [6.45, 7) is 13.3. The third-order valence-electron chi connectivity index (χ3n) is 17.0. The molecule has 1 aliphatic carbocycles. The Labute approximate surface area is 520 Å². The predicted octanol–water partition coefficient (Wildman–Crippen LogP) is 18.0. The van der Waals surface area contributed by atoms with Crippen molar-refractivity contribution in [3.63, 3.8) is 0 Å². The number of methoxy groups -OCH3 is 1. The second kappa shape index (κ2) is 24.8. The van der Waals surface area contributed by atoms with Gasteiger partial charge in [-0.15, -0.1) is 21.9 Å². The molecule has 9 aromatic rings. The minimum absolute atomic E-state index is 0.0370. The Balaban J connectivity index is 0.000000206. The Bertz CT molecular complexity index is 4480. The molecule has 0 amide bonds. The largest absolute Gasteiger partial charge is 0.495 e. The second-order valence-corrected chi connectivity index (χ2v) is 23.5. The van der Waals surface area contributed by atoms with E-state index in [-0.39, 0.29) is 16.6 Å². The molecule has 2 aliphatic rings. The molecule has 4 nitrogen and oxygen atoms in total. The van der Waals surface area contributed by atoms with Crippen LogP contribution in [0.2, 0.25) is 0 Å². The molecular formula is C69H45BF20O4. The van der Waals surface area contributed by atoms with Crippen LogP contribution >= 0.6 is 0 Å². The minimum atomic E-state index is -7.22. The highest BCUT2D eigenvalue weighted by molar-refractivity contribution is 7.20. The van der Waals surface area contributed by atoms with E-state index in [9.17, 15) is 57.5 Å². The molecule has 25 heteroatoms. The summed E-state index contributed by atoms with van der Waals surface area (Å²) in [5.74, 6) is -68.2. The van der Waals surface area contributed by atoms with Gasteiger partial charge in [0.2, 0.25) is 5.78 Å². The number of carbonyl (C=O) groups excluding carboxylic acids is 1. The maximum Gasteiger partial charge on any atom is 0.368 e. The number of allylic oxidation sites excluding steroid dienone is 6. The summed E-state index contributed by atoms with van der Waals surface area (Å²) in [7, 11) is 1.65. The Morgan fingerprint density at radius 1 is 0.468 bits per heavy atom. The van der Waals surface area contributed by atoms with E-state index in [1.165, 1.54) is 0 Å². The van der Waals surface area contributed by atoms with Crippen LogP contribution in [0.15, 0.2) is 118 Å². The summed E-state index contributed by atoms with van der Waals surface area (Å²) < 4.78 is 313. The number of halogens is 20. The van der Waals surface area contributed by atoms with Crippen LogP contribution in [0, 0.1) is 122 Å². The number of rotatable bonds is 13. The van der Waals surface area contributed by atoms with E-state index in [0.717, 1.165) is 92.2 Å². The quantitative estimate of drug-likeness (QED) is 0.0220. The van der Waals surface area contributed by atoms with Gasteiger partial charge in [-0.1, -0.05) is 95.1 Å². The van der Waals surface area contributed by atoms with Gasteiger partial charge in [-0.05, 0) is 79.5 Å². The molecule has 0 atom stereocenters. The third kappa shape index (κ3) is 10.5. The van der Waals surface area contributed by atoms with Gasteiger partial charge in [-0.25, -0.2) is 92.2 Å². The topological polar surface area (TPSA) is 46.8 Å². The van der Waals surface area contributed by atoms with Gasteiger partial charge in [0.15, 0.2) is 69.8 Å². The van der Waals surface area contributed by atoms with Crippen molar-refractivity contribution in [1.82, 2.24) is 0 Å². The Kier molecular flexibility index (Phi) is 17.8. The van der Waals surface area contributed by atoms with E-state index < -0.39 is 144 Å². The summed E-state index contributed by atoms with van der Waals surface area (Å²) >= 11 is 0. The van der Waals surface area contributed by atoms with Gasteiger partial charge in [0.1, 0.15) is 70.0 Å². The number of fused-ring (bicyclic) bond motifs is 6. The minimum Gasteiger partial charge on any atom is -0.495 e. The lowest BCUT2D eigenvalue weighted by Crippen LogP contribution is -2.81. The highest BCUT2D eigenvalue weighted by Crippen LogP contribution is 2.47. The molecule has 0 bridgehead atoms. The van der Waals surface area contributed by atoms with Gasteiger partial charge in [0.05, 0.1) is 34.4 Å². The number of hydrogen-bond acceptors (Lipinski definition) is 3. The summed E-state index contributed by atoms with van der Waals surface area (Å²) in [6.07, 6.45) is 2.90. The van der Waals surface area contributed by atoms with Crippen molar-refractivity contribution in [3.8, 4) is 5.75 Å². The zero-order chi connectivity index (χ0) is 68.9. The summed E-state index contributed by atoms with van der Waals surface area (Å²) in [5.41, 5.74) is -9.86. The zero-order valence-electron chi connectivity index (χ0n) is 49.8. The number of Topliss-reactive ketones (excluding diaryl/α,β-unsaturated/α-hetero) is 1. The van der Waals surface area contributed by atoms with E-state index in [4.69, 9.17) is 13.9 Å². The highest BCUT2D eigenvalue weighted by Gasteiger charge is 2.53. The van der Waals surface area contributed by atoms with Crippen molar-refractivity contribution >= 4 is 77.9 Å². The van der Waals surface area contributed by atoms with Crippen molar-refractivity contribution in [3.05, 3.63) is 247 Å². The molecule has 0 spiro atoms. The fourth-order valence-electron chi connectivity index (χ4n) is 12.4. The summed E-state index contributed by atoms with van der Waals surface area (Å²) in [6, 6.07) is 27.1. The molecule has 1 aliphatic heterocycles. The van der Waals surface area contributed by atoms with E-state index in [2.05, 4.69) is 102 Å². The first-order valence-electron chi connectivity index (χ1n) is 28.5. The van der Waals surface area contributed by atoms with Crippen LogP contribution in [-0.2, 0) is 14.9 Å². The van der Waals surface area contributed by atoms with Crippen LogP contribution in [0.3, 0.4) is 0 Å². The molecule has 0 unspecified atom stereocenters. The smallest absolute Gasteiger partial charge is 0.368 e. The van der Waals surface area contributed by atoms with Crippen LogP contribution in [-0.4, -0.2) is 19.0 Å². The molecule has 1 aromatic heterocycles. The average molecular weight is 1330 g/mol. The first-order chi connectivity index (χ1) is 44.3. The normalized spacial score (nSPS) is 14.5. The van der Waals surface area contributed by atoms with Crippen molar-refractivity contribution in [2.24, 2.45) is 5.41 Å². The van der Waals surface area contributed by atoms with E-state index in [0.29, 0.717) is 16.9 Å². The van der Waals surface area contributed by atoms with Gasteiger partial charge < -0.3 is 9.47 Å². The summed E-state index contributed by atoms with van der Waals surface area (Å²) in [5, 5.41) is 5.32. The van der Waals surface area contributed by atoms with Gasteiger partial charge in [-0.3, -0.25) is 4.79 Å². The fraction of sp³-hybridized carbons (Fsp3) is 0.188. The van der Waals surface area contributed by atoms with Gasteiger partial charge in [-0.2, -0.15) is 0 Å². The molecule has 2 heterocycles. The number of ketones is 1. The molecule has 0 N–H and O–H groups in total. The van der Waals surface area contributed by atoms with Crippen LogP contribution in [0.25, 0.3) is 44.2 Å². The first kappa shape index (κ1) is 67.5. The lowest BCUT2D eigenvalue weighted by molar-refractivity contribution is -0.113. The number of ether oxygens (including phenoxy) is 2. The number of carbonyl (C=O) groups is 1. The standard InChI is InChI=1S/C45H45O4.C24BF20/c1-8-22-44(3,4)38-26-30(34-20-18-28-14-10-12-16-32(28)42(34)48-38)24-36-40(46)37(41(36)47-7)25-31-27-39(45(5,6)23-9-2)49-43-33-17-13-11-15-29(33)19-21-35(31)43;26-5-1(6(27)14(35)21(42)13(5)34)25(2-7(28)15(36)22(43)16(37)8(2)29,3-9(30)17(38)23(44)18(39)10(3)31)4-11(32)19(40)24(45)20(41)12(4)33/h10-21,24-27H,8-9,22-23H2,1-7H3;/q+1;-1. The lowest BCUT2D eigenvalue weighted by Gasteiger charge is -2.44. The van der Waals surface area contributed by atoms with Crippen molar-refractivity contribution in [2.75, 3.05) is 7.11 Å². The molecule has 488 valence electrons. The molecule has 0 fully saturated rings. The molecule has 0 radical (unpaired) electrons. The molecule has 11 rings (SSSR count). The van der Waals surface area contributed by atoms with Crippen LogP contribution in [0.1, 0.15) is 84.1 Å².